The molecule has 8 heteroatoms. The molecule has 2 N–H and O–H groups in total. The van der Waals surface area contributed by atoms with Crippen molar-refractivity contribution in [2.75, 3.05) is 6.54 Å². The zero-order valence-electron chi connectivity index (χ0n) is 14.7. The Balaban J connectivity index is 1.42. The molecule has 0 spiro atoms. The van der Waals surface area contributed by atoms with Crippen molar-refractivity contribution in [2.24, 2.45) is 0 Å². The van der Waals surface area contributed by atoms with Gasteiger partial charge in [0.15, 0.2) is 0 Å². The molecule has 0 atom stereocenters. The van der Waals surface area contributed by atoms with Crippen molar-refractivity contribution in [3.63, 3.8) is 0 Å². The Morgan fingerprint density at radius 3 is 2.67 bits per heavy atom. The van der Waals surface area contributed by atoms with E-state index >= 15 is 0 Å². The number of benzene rings is 1. The molecular weight excluding hydrogens is 382 g/mol. The van der Waals surface area contributed by atoms with Crippen LogP contribution in [0.3, 0.4) is 0 Å². The Kier molecular flexibility index (Phi) is 6.67. The zero-order valence-corrected chi connectivity index (χ0v) is 16.4. The first-order chi connectivity index (χ1) is 13.1. The minimum Gasteiger partial charge on any atom is -0.467 e. The van der Waals surface area contributed by atoms with Crippen molar-refractivity contribution in [3.8, 4) is 0 Å². The van der Waals surface area contributed by atoms with Crippen molar-refractivity contribution in [1.82, 2.24) is 15.6 Å². The minimum atomic E-state index is -0.280. The van der Waals surface area contributed by atoms with Crippen LogP contribution in [0.1, 0.15) is 27.4 Å². The van der Waals surface area contributed by atoms with E-state index in [4.69, 9.17) is 4.42 Å². The zero-order chi connectivity index (χ0) is 19.1. The molecule has 0 fully saturated rings. The molecule has 3 rings (SSSR count). The summed E-state index contributed by atoms with van der Waals surface area (Å²) < 4.78 is 6.17. The van der Waals surface area contributed by atoms with Crippen LogP contribution in [0.15, 0.2) is 56.8 Å². The van der Waals surface area contributed by atoms with Gasteiger partial charge in [-0.05, 0) is 36.8 Å². The molecule has 0 aliphatic rings. The highest BCUT2D eigenvalue weighted by Crippen LogP contribution is 2.26. The second kappa shape index (κ2) is 9.38. The maximum absolute atomic E-state index is 12.2. The molecular formula is C19H19N3O3S2. The topological polar surface area (TPSA) is 84.2 Å². The van der Waals surface area contributed by atoms with Gasteiger partial charge in [-0.15, -0.1) is 11.3 Å². The van der Waals surface area contributed by atoms with Gasteiger partial charge in [0.05, 0.1) is 19.4 Å². The average molecular weight is 402 g/mol. The molecule has 2 amide bonds. The lowest BCUT2D eigenvalue weighted by Gasteiger charge is -2.07. The Morgan fingerprint density at radius 1 is 1.19 bits per heavy atom. The SMILES string of the molecule is Cc1csc(SCc2ccc(C(=O)NCC(=O)NCc3ccco3)cc2)n1. The highest BCUT2D eigenvalue weighted by atomic mass is 32.2. The molecule has 1 aromatic carbocycles. The summed E-state index contributed by atoms with van der Waals surface area (Å²) in [6.45, 7) is 2.19. The summed E-state index contributed by atoms with van der Waals surface area (Å²) in [6.07, 6.45) is 1.55. The summed E-state index contributed by atoms with van der Waals surface area (Å²) in [5.74, 6) is 0.907. The maximum atomic E-state index is 12.2. The number of furan rings is 1. The molecule has 0 aliphatic carbocycles. The fourth-order valence-electron chi connectivity index (χ4n) is 2.22. The Morgan fingerprint density at radius 2 is 2.00 bits per heavy atom. The fourth-order valence-corrected chi connectivity index (χ4v) is 4.03. The van der Waals surface area contributed by atoms with Gasteiger partial charge >= 0.3 is 0 Å². The van der Waals surface area contributed by atoms with E-state index in [0.717, 1.165) is 21.3 Å². The summed E-state index contributed by atoms with van der Waals surface area (Å²) in [5.41, 5.74) is 2.66. The molecule has 0 unspecified atom stereocenters. The van der Waals surface area contributed by atoms with Crippen LogP contribution in [-0.2, 0) is 17.1 Å². The van der Waals surface area contributed by atoms with Crippen LogP contribution in [-0.4, -0.2) is 23.3 Å². The maximum Gasteiger partial charge on any atom is 0.251 e. The standard InChI is InChI=1S/C19H19N3O3S2/c1-13-11-26-19(22-13)27-12-14-4-6-15(7-5-14)18(24)21-10-17(23)20-9-16-3-2-8-25-16/h2-8,11H,9-10,12H2,1H3,(H,20,23)(H,21,24). The van der Waals surface area contributed by atoms with Crippen LogP contribution in [0.4, 0.5) is 0 Å². The minimum absolute atomic E-state index is 0.0828. The third kappa shape index (κ3) is 5.97. The highest BCUT2D eigenvalue weighted by Gasteiger charge is 2.09. The van der Waals surface area contributed by atoms with Crippen LogP contribution in [0.25, 0.3) is 0 Å². The largest absolute Gasteiger partial charge is 0.467 e. The van der Waals surface area contributed by atoms with E-state index in [2.05, 4.69) is 15.6 Å². The number of nitrogens with one attached hydrogen (secondary N) is 2. The summed E-state index contributed by atoms with van der Waals surface area (Å²) in [5, 5.41) is 7.32. The smallest absolute Gasteiger partial charge is 0.251 e. The van der Waals surface area contributed by atoms with Gasteiger partial charge in [-0.3, -0.25) is 9.59 Å². The predicted octanol–water partition coefficient (Wildman–Crippen LogP) is 3.38. The number of hydrogen-bond donors (Lipinski definition) is 2. The van der Waals surface area contributed by atoms with E-state index in [1.165, 1.54) is 0 Å². The van der Waals surface area contributed by atoms with Gasteiger partial charge < -0.3 is 15.1 Å². The van der Waals surface area contributed by atoms with Crippen molar-refractivity contribution >= 4 is 34.9 Å². The molecule has 0 saturated heterocycles. The van der Waals surface area contributed by atoms with Crippen LogP contribution < -0.4 is 10.6 Å². The Bertz CT molecular complexity index is 889. The number of hydrogen-bond acceptors (Lipinski definition) is 6. The molecule has 2 heterocycles. The molecule has 27 heavy (non-hydrogen) atoms. The lowest BCUT2D eigenvalue weighted by molar-refractivity contribution is -0.120. The van der Waals surface area contributed by atoms with Gasteiger partial charge in [-0.25, -0.2) is 4.98 Å². The summed E-state index contributed by atoms with van der Waals surface area (Å²) in [7, 11) is 0. The second-order valence-corrected chi connectivity index (χ2v) is 7.86. The predicted molar refractivity (Wildman–Crippen MR) is 106 cm³/mol. The fraction of sp³-hybridized carbons (Fsp3) is 0.211. The third-order valence-corrected chi connectivity index (χ3v) is 5.84. The van der Waals surface area contributed by atoms with Gasteiger partial charge in [0.2, 0.25) is 5.91 Å². The van der Waals surface area contributed by atoms with E-state index in [1.807, 2.05) is 24.4 Å². The summed E-state index contributed by atoms with van der Waals surface area (Å²) in [4.78, 5) is 28.3. The normalized spacial score (nSPS) is 10.6. The average Bonchev–Trinajstić information content (AvgIpc) is 3.34. The van der Waals surface area contributed by atoms with E-state index in [-0.39, 0.29) is 18.4 Å². The van der Waals surface area contributed by atoms with Gasteiger partial charge in [0.1, 0.15) is 10.1 Å². The van der Waals surface area contributed by atoms with Crippen molar-refractivity contribution in [3.05, 3.63) is 70.6 Å². The van der Waals surface area contributed by atoms with Crippen molar-refractivity contribution in [1.29, 1.82) is 0 Å². The van der Waals surface area contributed by atoms with E-state index in [9.17, 15) is 9.59 Å². The van der Waals surface area contributed by atoms with Gasteiger partial charge in [0.25, 0.3) is 5.91 Å². The van der Waals surface area contributed by atoms with Crippen molar-refractivity contribution in [2.45, 2.75) is 23.6 Å². The van der Waals surface area contributed by atoms with Gasteiger partial charge in [-0.2, -0.15) is 0 Å². The molecule has 2 aromatic heterocycles. The van der Waals surface area contributed by atoms with E-state index in [0.29, 0.717) is 17.9 Å². The number of thioether (sulfide) groups is 1. The van der Waals surface area contributed by atoms with Crippen LogP contribution >= 0.6 is 23.1 Å². The number of aromatic nitrogens is 1. The van der Waals surface area contributed by atoms with E-state index in [1.54, 1.807) is 53.6 Å². The molecule has 6 nitrogen and oxygen atoms in total. The number of carbonyl (C=O) groups is 2. The number of thiazole rings is 1. The van der Waals surface area contributed by atoms with Crippen LogP contribution in [0.2, 0.25) is 0 Å². The Labute approximate surface area is 165 Å². The number of amides is 2. The summed E-state index contributed by atoms with van der Waals surface area (Å²) in [6, 6.07) is 10.9. The third-order valence-electron chi connectivity index (χ3n) is 3.63. The van der Waals surface area contributed by atoms with Crippen LogP contribution in [0, 0.1) is 6.92 Å². The van der Waals surface area contributed by atoms with Crippen LogP contribution in [0.5, 0.6) is 0 Å². The van der Waals surface area contributed by atoms with Gasteiger partial charge in [0, 0.05) is 22.4 Å². The second-order valence-electron chi connectivity index (χ2n) is 5.78. The molecule has 0 saturated carbocycles. The monoisotopic (exact) mass is 401 g/mol. The number of aryl methyl sites for hydroxylation is 1. The lowest BCUT2D eigenvalue weighted by atomic mass is 10.1. The molecule has 0 radical (unpaired) electrons. The first-order valence-corrected chi connectivity index (χ1v) is 10.2. The number of rotatable bonds is 8. The molecule has 140 valence electrons. The molecule has 0 bridgehead atoms. The highest BCUT2D eigenvalue weighted by molar-refractivity contribution is 8.00. The number of carbonyl (C=O) groups excluding carboxylic acids is 2. The summed E-state index contributed by atoms with van der Waals surface area (Å²) >= 11 is 3.31. The molecule has 3 aromatic rings. The molecule has 0 aliphatic heterocycles. The first-order valence-electron chi connectivity index (χ1n) is 8.31. The quantitative estimate of drug-likeness (QED) is 0.565. The van der Waals surface area contributed by atoms with Crippen molar-refractivity contribution < 1.29 is 14.0 Å². The Hall–Kier alpha value is -2.58. The van der Waals surface area contributed by atoms with E-state index < -0.39 is 0 Å². The first kappa shape index (κ1) is 19.2. The lowest BCUT2D eigenvalue weighted by Crippen LogP contribution is -2.36. The number of nitrogens with zero attached hydrogens (tertiary/aromatic N) is 1. The van der Waals surface area contributed by atoms with Gasteiger partial charge in [-0.1, -0.05) is 23.9 Å².